The van der Waals surface area contributed by atoms with Gasteiger partial charge in [0.2, 0.25) is 0 Å². The number of imide groups is 2. The second-order valence-corrected chi connectivity index (χ2v) is 2.00. The lowest BCUT2D eigenvalue weighted by atomic mass is 10.2. The van der Waals surface area contributed by atoms with Crippen LogP contribution in [0.5, 0.6) is 0 Å². The van der Waals surface area contributed by atoms with Gasteiger partial charge in [-0.3, -0.25) is 30.3 Å². The number of rotatable bonds is 1. The van der Waals surface area contributed by atoms with Crippen LogP contribution in [0, 0.1) is 10.1 Å². The molecule has 1 rings (SSSR count). The maximum Gasteiger partial charge on any atom is 0.366 e. The average molecular weight is 190 g/mol. The van der Waals surface area contributed by atoms with Gasteiger partial charge in [0.05, 0.1) is 0 Å². The van der Waals surface area contributed by atoms with Gasteiger partial charge in [-0.25, -0.2) is 4.79 Å². The maximum atomic E-state index is 10.6. The summed E-state index contributed by atoms with van der Waals surface area (Å²) >= 11 is 0. The summed E-state index contributed by atoms with van der Waals surface area (Å²) in [5, 5.41) is 13.2. The van der Waals surface area contributed by atoms with Gasteiger partial charge in [0.25, 0.3) is 0 Å². The predicted octanol–water partition coefficient (Wildman–Crippen LogP) is -1.84. The molecule has 0 bridgehead atoms. The number of carbonyl (C=O) groups is 3. The summed E-state index contributed by atoms with van der Waals surface area (Å²) in [7, 11) is 0. The molecule has 0 radical (unpaired) electrons. The lowest BCUT2D eigenvalue weighted by Gasteiger charge is -2.13. The molecule has 0 unspecified atom stereocenters. The second kappa shape index (κ2) is 3.58. The van der Waals surface area contributed by atoms with E-state index in [4.69, 9.17) is 0 Å². The summed E-state index contributed by atoms with van der Waals surface area (Å²) in [4.78, 5) is 40.6. The standard InChI is InChI=1S/C4H3N3O5.H3N/c8-2-1(7(11)12)3(9)6-4(10)5-2;/h1H,(H2,5,6,8,9,10);1H3. The fourth-order valence-electron chi connectivity index (χ4n) is 0.702. The molecule has 0 spiro atoms. The third-order valence-electron chi connectivity index (χ3n) is 1.18. The number of urea groups is 1. The molecule has 9 nitrogen and oxygen atoms in total. The van der Waals surface area contributed by atoms with Crippen molar-refractivity contribution in [3.63, 3.8) is 0 Å². The number of nitrogens with zero attached hydrogens (tertiary/aromatic N) is 1. The van der Waals surface area contributed by atoms with E-state index in [-0.39, 0.29) is 6.15 Å². The van der Waals surface area contributed by atoms with Gasteiger partial charge in [0.15, 0.2) is 0 Å². The van der Waals surface area contributed by atoms with E-state index in [0.29, 0.717) is 0 Å². The highest BCUT2D eigenvalue weighted by atomic mass is 16.6. The van der Waals surface area contributed by atoms with Gasteiger partial charge in [-0.1, -0.05) is 0 Å². The Labute approximate surface area is 71.2 Å². The van der Waals surface area contributed by atoms with Crippen molar-refractivity contribution in [2.24, 2.45) is 0 Å². The highest BCUT2D eigenvalue weighted by molar-refractivity contribution is 6.17. The molecule has 1 aliphatic heterocycles. The van der Waals surface area contributed by atoms with E-state index >= 15 is 0 Å². The van der Waals surface area contributed by atoms with Crippen LogP contribution in [0.15, 0.2) is 0 Å². The second-order valence-electron chi connectivity index (χ2n) is 2.00. The summed E-state index contributed by atoms with van der Waals surface area (Å²) in [6.45, 7) is 0. The first kappa shape index (κ1) is 11.0. The number of hydrogen-bond donors (Lipinski definition) is 3. The number of amides is 4. The first-order valence-electron chi connectivity index (χ1n) is 2.81. The predicted molar refractivity (Wildman–Crippen MR) is 37.5 cm³/mol. The molecule has 0 aromatic rings. The van der Waals surface area contributed by atoms with Crippen LogP contribution in [0.1, 0.15) is 0 Å². The summed E-state index contributed by atoms with van der Waals surface area (Å²) in [5.74, 6) is -2.43. The smallest absolute Gasteiger partial charge is 0.344 e. The Morgan fingerprint density at radius 2 is 1.54 bits per heavy atom. The molecule has 0 aromatic heterocycles. The topological polar surface area (TPSA) is 153 Å². The van der Waals surface area contributed by atoms with Gasteiger partial charge in [0.1, 0.15) is 0 Å². The molecule has 13 heavy (non-hydrogen) atoms. The molecule has 0 saturated carbocycles. The Bertz CT molecular complexity index is 266. The highest BCUT2D eigenvalue weighted by Gasteiger charge is 2.43. The van der Waals surface area contributed by atoms with Crippen LogP contribution in [0.25, 0.3) is 0 Å². The van der Waals surface area contributed by atoms with E-state index in [1.54, 1.807) is 10.6 Å². The molecule has 0 aliphatic carbocycles. The van der Waals surface area contributed by atoms with Crippen molar-refractivity contribution < 1.29 is 19.3 Å². The minimum Gasteiger partial charge on any atom is -0.344 e. The number of hydrogen-bond acceptors (Lipinski definition) is 6. The molecule has 1 saturated heterocycles. The van der Waals surface area contributed by atoms with Crippen LogP contribution in [0.3, 0.4) is 0 Å². The van der Waals surface area contributed by atoms with E-state index in [0.717, 1.165) is 0 Å². The first-order chi connectivity index (χ1) is 5.52. The third-order valence-corrected chi connectivity index (χ3v) is 1.18. The molecule has 1 aliphatic rings. The van der Waals surface area contributed by atoms with Crippen molar-refractivity contribution in [1.29, 1.82) is 0 Å². The first-order valence-corrected chi connectivity index (χ1v) is 2.81. The summed E-state index contributed by atoms with van der Waals surface area (Å²) < 4.78 is 0. The Kier molecular flexibility index (Phi) is 3.02. The summed E-state index contributed by atoms with van der Waals surface area (Å²) in [6, 6.07) is -3.06. The van der Waals surface area contributed by atoms with Crippen molar-refractivity contribution in [3.05, 3.63) is 10.1 Å². The van der Waals surface area contributed by atoms with Crippen LogP contribution in [-0.2, 0) is 9.59 Å². The van der Waals surface area contributed by atoms with Crippen molar-refractivity contribution >= 4 is 17.8 Å². The highest BCUT2D eigenvalue weighted by Crippen LogP contribution is 1.95. The van der Waals surface area contributed by atoms with Crippen molar-refractivity contribution in [1.82, 2.24) is 16.8 Å². The van der Waals surface area contributed by atoms with E-state index in [1.165, 1.54) is 0 Å². The zero-order valence-electron chi connectivity index (χ0n) is 6.27. The van der Waals surface area contributed by atoms with Crippen LogP contribution in [0.2, 0.25) is 0 Å². The molecular formula is C4H6N4O5. The van der Waals surface area contributed by atoms with Crippen LogP contribution in [-0.4, -0.2) is 28.8 Å². The number of nitrogens with one attached hydrogen (secondary N) is 2. The molecule has 5 N–H and O–H groups in total. The van der Waals surface area contributed by atoms with Crippen LogP contribution in [0.4, 0.5) is 4.79 Å². The Morgan fingerprint density at radius 1 is 1.15 bits per heavy atom. The quantitative estimate of drug-likeness (QED) is 0.250. The average Bonchev–Trinajstić information content (AvgIpc) is 1.82. The number of nitro groups is 1. The van der Waals surface area contributed by atoms with Gasteiger partial charge in [-0.2, -0.15) is 0 Å². The zero-order valence-corrected chi connectivity index (χ0v) is 6.27. The summed E-state index contributed by atoms with van der Waals surface area (Å²) in [6.07, 6.45) is 0. The lowest BCUT2D eigenvalue weighted by molar-refractivity contribution is -0.494. The van der Waals surface area contributed by atoms with Crippen molar-refractivity contribution in [2.45, 2.75) is 6.04 Å². The molecule has 0 atom stereocenters. The zero-order chi connectivity index (χ0) is 9.30. The molecule has 9 heteroatoms. The fourth-order valence-corrected chi connectivity index (χ4v) is 0.702. The van der Waals surface area contributed by atoms with Crippen LogP contribution >= 0.6 is 0 Å². The molecular weight excluding hydrogens is 184 g/mol. The van der Waals surface area contributed by atoms with Gasteiger partial charge < -0.3 is 6.15 Å². The van der Waals surface area contributed by atoms with Crippen molar-refractivity contribution in [2.75, 3.05) is 0 Å². The largest absolute Gasteiger partial charge is 0.366 e. The minimum absolute atomic E-state index is 0. The van der Waals surface area contributed by atoms with E-state index in [2.05, 4.69) is 0 Å². The Hall–Kier alpha value is -2.03. The SMILES string of the molecule is N.O=C1NC(=O)C([N+](=O)[O-])C(=O)N1. The Balaban J connectivity index is 0.00000144. The molecule has 4 amide bonds. The maximum absolute atomic E-state index is 10.6. The monoisotopic (exact) mass is 190 g/mol. The van der Waals surface area contributed by atoms with E-state index < -0.39 is 28.8 Å². The van der Waals surface area contributed by atoms with Gasteiger partial charge in [-0.15, -0.1) is 0 Å². The number of barbiturate groups is 1. The fraction of sp³-hybridized carbons (Fsp3) is 0.250. The molecule has 1 heterocycles. The normalized spacial score (nSPS) is 17.1. The molecule has 72 valence electrons. The van der Waals surface area contributed by atoms with Crippen molar-refractivity contribution in [3.8, 4) is 0 Å². The lowest BCUT2D eigenvalue weighted by Crippen LogP contribution is -2.61. The number of carbonyl (C=O) groups excluding carboxylic acids is 3. The van der Waals surface area contributed by atoms with Gasteiger partial charge >= 0.3 is 23.9 Å². The third kappa shape index (κ3) is 1.96. The molecule has 0 aromatic carbocycles. The molecule has 1 fully saturated rings. The summed E-state index contributed by atoms with van der Waals surface area (Å²) in [5.41, 5.74) is 0. The van der Waals surface area contributed by atoms with Crippen LogP contribution < -0.4 is 16.8 Å². The minimum atomic E-state index is -2.03. The van der Waals surface area contributed by atoms with E-state index in [1.807, 2.05) is 0 Å². The van der Waals surface area contributed by atoms with Gasteiger partial charge in [0, 0.05) is 4.92 Å². The van der Waals surface area contributed by atoms with E-state index in [9.17, 15) is 24.5 Å². The van der Waals surface area contributed by atoms with Gasteiger partial charge in [-0.05, 0) is 0 Å². The Morgan fingerprint density at radius 3 is 1.85 bits per heavy atom.